The number of nitrogens with zero attached hydrogens (tertiary/aromatic N) is 2. The molecule has 7 nitrogen and oxygen atoms in total. The van der Waals surface area contributed by atoms with Gasteiger partial charge in [-0.25, -0.2) is 13.1 Å². The smallest absolute Gasteiger partial charge is 0.213 e. The second-order valence-corrected chi connectivity index (χ2v) is 8.90. The number of hydrogen-bond acceptors (Lipinski definition) is 4. The lowest BCUT2D eigenvalue weighted by molar-refractivity contribution is 0.280. The van der Waals surface area contributed by atoms with Crippen molar-refractivity contribution in [1.29, 1.82) is 0 Å². The number of rotatable bonds is 10. The second kappa shape index (κ2) is 12.5. The number of aliphatic imine (C=N–C) groups is 1. The molecule has 0 aliphatic heterocycles. The zero-order chi connectivity index (χ0) is 19.7. The molecule has 1 saturated carbocycles. The van der Waals surface area contributed by atoms with Crippen LogP contribution in [0.5, 0.6) is 5.75 Å². The minimum atomic E-state index is -3.25. The third-order valence-corrected chi connectivity index (χ3v) is 6.17. The van der Waals surface area contributed by atoms with Crippen molar-refractivity contribution in [3.63, 3.8) is 0 Å². The third kappa shape index (κ3) is 8.52. The Morgan fingerprint density at radius 3 is 2.64 bits per heavy atom. The van der Waals surface area contributed by atoms with Crippen molar-refractivity contribution < 1.29 is 13.2 Å². The van der Waals surface area contributed by atoms with Gasteiger partial charge in [-0.3, -0.25) is 4.99 Å². The minimum Gasteiger partial charge on any atom is -0.491 e. The number of likely N-dealkylation sites (N-methyl/N-ethyl adjacent to an activating group) is 1. The highest BCUT2D eigenvalue weighted by molar-refractivity contribution is 14.0. The van der Waals surface area contributed by atoms with Crippen molar-refractivity contribution in [2.24, 2.45) is 10.9 Å². The molecule has 0 radical (unpaired) electrons. The van der Waals surface area contributed by atoms with E-state index >= 15 is 0 Å². The topological polar surface area (TPSA) is 83.0 Å². The van der Waals surface area contributed by atoms with Crippen molar-refractivity contribution >= 4 is 40.0 Å². The van der Waals surface area contributed by atoms with Gasteiger partial charge in [-0.2, -0.15) is 0 Å². The lowest BCUT2D eigenvalue weighted by atomic mass is 9.86. The maximum Gasteiger partial charge on any atom is 0.213 e. The Hall–Kier alpha value is -1.07. The normalized spacial score (nSPS) is 14.8. The summed E-state index contributed by atoms with van der Waals surface area (Å²) in [6, 6.07) is 7.89. The van der Waals surface area contributed by atoms with E-state index in [4.69, 9.17) is 4.74 Å². The molecule has 1 aliphatic carbocycles. The van der Waals surface area contributed by atoms with Gasteiger partial charge in [0.2, 0.25) is 10.0 Å². The van der Waals surface area contributed by atoms with E-state index in [1.165, 1.54) is 6.42 Å². The molecule has 1 aromatic rings. The van der Waals surface area contributed by atoms with Crippen LogP contribution in [0.4, 0.5) is 0 Å². The Morgan fingerprint density at radius 1 is 1.32 bits per heavy atom. The summed E-state index contributed by atoms with van der Waals surface area (Å²) in [4.78, 5) is 6.13. The number of hydrogen-bond donors (Lipinski definition) is 2. The van der Waals surface area contributed by atoms with Crippen LogP contribution in [-0.2, 0) is 10.0 Å². The lowest BCUT2D eigenvalue weighted by Crippen LogP contribution is -2.44. The van der Waals surface area contributed by atoms with Crippen LogP contribution in [0.2, 0.25) is 0 Å². The van der Waals surface area contributed by atoms with Gasteiger partial charge in [-0.05, 0) is 37.3 Å². The SMILES string of the molecule is CN=C(NCCS(=O)(=O)NCC1CCC1)N(C)CCOc1ccccc1C.I. The van der Waals surface area contributed by atoms with E-state index in [-0.39, 0.29) is 29.7 Å². The van der Waals surface area contributed by atoms with Crippen molar-refractivity contribution in [2.45, 2.75) is 26.2 Å². The third-order valence-electron chi connectivity index (χ3n) is 4.82. The van der Waals surface area contributed by atoms with Crippen LogP contribution in [-0.4, -0.2) is 65.4 Å². The fraction of sp³-hybridized carbons (Fsp3) is 0.632. The first-order chi connectivity index (χ1) is 12.9. The number of halogens is 1. The van der Waals surface area contributed by atoms with E-state index in [0.717, 1.165) is 24.2 Å². The van der Waals surface area contributed by atoms with E-state index in [9.17, 15) is 8.42 Å². The van der Waals surface area contributed by atoms with Gasteiger partial charge in [-0.15, -0.1) is 24.0 Å². The van der Waals surface area contributed by atoms with Crippen molar-refractivity contribution in [1.82, 2.24) is 14.9 Å². The van der Waals surface area contributed by atoms with Gasteiger partial charge in [-0.1, -0.05) is 24.6 Å². The summed E-state index contributed by atoms with van der Waals surface area (Å²) >= 11 is 0. The van der Waals surface area contributed by atoms with Crippen molar-refractivity contribution in [2.75, 3.05) is 46.1 Å². The predicted octanol–water partition coefficient (Wildman–Crippen LogP) is 2.22. The summed E-state index contributed by atoms with van der Waals surface area (Å²) in [5.74, 6) is 2.07. The molecule has 0 bridgehead atoms. The van der Waals surface area contributed by atoms with Crippen LogP contribution in [0.1, 0.15) is 24.8 Å². The number of para-hydroxylation sites is 1. The van der Waals surface area contributed by atoms with E-state index in [1.54, 1.807) is 7.05 Å². The van der Waals surface area contributed by atoms with Gasteiger partial charge >= 0.3 is 0 Å². The molecule has 0 amide bonds. The first-order valence-electron chi connectivity index (χ1n) is 9.49. The van der Waals surface area contributed by atoms with Crippen LogP contribution in [0.15, 0.2) is 29.3 Å². The predicted molar refractivity (Wildman–Crippen MR) is 125 cm³/mol. The number of nitrogens with one attached hydrogen (secondary N) is 2. The maximum absolute atomic E-state index is 12.1. The second-order valence-electron chi connectivity index (χ2n) is 6.97. The van der Waals surface area contributed by atoms with Crippen LogP contribution >= 0.6 is 24.0 Å². The number of aryl methyl sites for hydroxylation is 1. The molecule has 0 unspecified atom stereocenters. The van der Waals surface area contributed by atoms with Crippen LogP contribution in [0.25, 0.3) is 0 Å². The molecule has 160 valence electrons. The quantitative estimate of drug-likeness (QED) is 0.279. The first-order valence-corrected chi connectivity index (χ1v) is 11.1. The van der Waals surface area contributed by atoms with Crippen LogP contribution in [0.3, 0.4) is 0 Å². The van der Waals surface area contributed by atoms with Crippen LogP contribution in [0, 0.1) is 12.8 Å². The number of sulfonamides is 1. The summed E-state index contributed by atoms with van der Waals surface area (Å²) in [6.45, 7) is 4.05. The summed E-state index contributed by atoms with van der Waals surface area (Å²) in [5.41, 5.74) is 1.10. The summed E-state index contributed by atoms with van der Waals surface area (Å²) in [6.07, 6.45) is 3.47. The van der Waals surface area contributed by atoms with Gasteiger partial charge in [0.25, 0.3) is 0 Å². The lowest BCUT2D eigenvalue weighted by Gasteiger charge is -2.25. The van der Waals surface area contributed by atoms with Crippen molar-refractivity contribution in [3.8, 4) is 5.75 Å². The summed E-state index contributed by atoms with van der Waals surface area (Å²) in [5, 5.41) is 3.10. The first kappa shape index (κ1) is 25.0. The van der Waals surface area contributed by atoms with E-state index in [2.05, 4.69) is 15.0 Å². The molecule has 0 atom stereocenters. The zero-order valence-electron chi connectivity index (χ0n) is 17.0. The fourth-order valence-corrected chi connectivity index (χ4v) is 3.82. The van der Waals surface area contributed by atoms with E-state index < -0.39 is 10.0 Å². The molecule has 2 N–H and O–H groups in total. The molecule has 0 spiro atoms. The average molecular weight is 524 g/mol. The average Bonchev–Trinajstić information content (AvgIpc) is 2.58. The van der Waals surface area contributed by atoms with E-state index in [0.29, 0.717) is 38.1 Å². The molecule has 0 heterocycles. The highest BCUT2D eigenvalue weighted by atomic mass is 127. The molecular weight excluding hydrogens is 491 g/mol. The zero-order valence-corrected chi connectivity index (χ0v) is 20.1. The fourth-order valence-electron chi connectivity index (χ4n) is 2.81. The highest BCUT2D eigenvalue weighted by Crippen LogP contribution is 2.25. The van der Waals surface area contributed by atoms with E-state index in [1.807, 2.05) is 43.1 Å². The molecule has 2 rings (SSSR count). The number of guanidine groups is 1. The van der Waals surface area contributed by atoms with Crippen molar-refractivity contribution in [3.05, 3.63) is 29.8 Å². The molecule has 1 aliphatic rings. The Labute approximate surface area is 186 Å². The molecule has 1 aromatic carbocycles. The van der Waals surface area contributed by atoms with Gasteiger partial charge in [0.1, 0.15) is 12.4 Å². The molecule has 1 fully saturated rings. The summed E-state index contributed by atoms with van der Waals surface area (Å²) in [7, 11) is 0.337. The highest BCUT2D eigenvalue weighted by Gasteiger charge is 2.20. The van der Waals surface area contributed by atoms with Gasteiger partial charge in [0, 0.05) is 27.2 Å². The number of ether oxygens (including phenoxy) is 1. The Balaban J connectivity index is 0.00000392. The standard InChI is InChI=1S/C19H32N4O3S.HI/c1-16-7-4-5-10-18(16)26-13-12-23(3)19(20-2)21-11-14-27(24,25)22-15-17-8-6-9-17;/h4-5,7,10,17,22H,6,8-9,11-15H2,1-3H3,(H,20,21);1H. The minimum absolute atomic E-state index is 0. The van der Waals surface area contributed by atoms with Gasteiger partial charge < -0.3 is 15.0 Å². The van der Waals surface area contributed by atoms with Gasteiger partial charge in [0.15, 0.2) is 5.96 Å². The largest absolute Gasteiger partial charge is 0.491 e. The monoisotopic (exact) mass is 524 g/mol. The summed E-state index contributed by atoms with van der Waals surface area (Å²) < 4.78 is 32.6. The molecular formula is C19H33IN4O3S. The van der Waals surface area contributed by atoms with Crippen LogP contribution < -0.4 is 14.8 Å². The molecule has 0 saturated heterocycles. The maximum atomic E-state index is 12.1. The van der Waals surface area contributed by atoms with Gasteiger partial charge in [0.05, 0.1) is 12.3 Å². The molecule has 9 heteroatoms. The Kier molecular flexibility index (Phi) is 11.1. The Bertz CT molecular complexity index is 724. The molecule has 28 heavy (non-hydrogen) atoms. The molecule has 0 aromatic heterocycles. The Morgan fingerprint density at radius 2 is 2.04 bits per heavy atom. The number of benzene rings is 1.